The van der Waals surface area contributed by atoms with Gasteiger partial charge < -0.3 is 4.90 Å². The molecule has 0 N–H and O–H groups in total. The summed E-state index contributed by atoms with van der Waals surface area (Å²) in [5, 5.41) is 12.3. The molecule has 1 unspecified atom stereocenters. The fourth-order valence-electron chi connectivity index (χ4n) is 2.65. The number of likely N-dealkylation sites (tertiary alicyclic amines) is 1. The van der Waals surface area contributed by atoms with Gasteiger partial charge in [0.1, 0.15) is 6.54 Å². The highest BCUT2D eigenvalue weighted by atomic mass is 16.2. The average Bonchev–Trinajstić information content (AvgIpc) is 2.97. The Hall–Kier alpha value is -2.24. The molecule has 3 rings (SSSR count). The summed E-state index contributed by atoms with van der Waals surface area (Å²) in [4.78, 5) is 15.5. The molecular formula is C15H19N5O. The molecule has 1 aliphatic heterocycles. The van der Waals surface area contributed by atoms with Crippen molar-refractivity contribution in [2.24, 2.45) is 5.92 Å². The van der Waals surface area contributed by atoms with Gasteiger partial charge in [0, 0.05) is 18.7 Å². The molecule has 0 aliphatic carbocycles. The van der Waals surface area contributed by atoms with E-state index in [4.69, 9.17) is 0 Å². The van der Waals surface area contributed by atoms with Crippen molar-refractivity contribution >= 4 is 5.91 Å². The van der Waals surface area contributed by atoms with E-state index in [1.165, 1.54) is 11.2 Å². The molecule has 0 radical (unpaired) electrons. The molecule has 1 saturated heterocycles. The minimum Gasteiger partial charge on any atom is -0.341 e. The molecule has 0 saturated carbocycles. The molecule has 1 atom stereocenters. The molecule has 0 bridgehead atoms. The predicted molar refractivity (Wildman–Crippen MR) is 78.2 cm³/mol. The van der Waals surface area contributed by atoms with Crippen LogP contribution in [-0.4, -0.2) is 44.1 Å². The van der Waals surface area contributed by atoms with Gasteiger partial charge >= 0.3 is 0 Å². The predicted octanol–water partition coefficient (Wildman–Crippen LogP) is 1.60. The third kappa shape index (κ3) is 3.26. The van der Waals surface area contributed by atoms with Gasteiger partial charge in [0.05, 0.1) is 0 Å². The zero-order valence-electron chi connectivity index (χ0n) is 12.1. The third-order valence-corrected chi connectivity index (χ3v) is 3.77. The lowest BCUT2D eigenvalue weighted by molar-refractivity contribution is -0.134. The fraction of sp³-hybridized carbons (Fsp3) is 0.467. The summed E-state index contributed by atoms with van der Waals surface area (Å²) in [6, 6.07) is 9.65. The van der Waals surface area contributed by atoms with Crippen molar-refractivity contribution in [1.29, 1.82) is 0 Å². The summed E-state index contributed by atoms with van der Waals surface area (Å²) in [5.74, 6) is 1.19. The molecule has 1 fully saturated rings. The van der Waals surface area contributed by atoms with Crippen LogP contribution in [0.1, 0.15) is 19.8 Å². The second kappa shape index (κ2) is 6.03. The molecule has 6 heteroatoms. The highest BCUT2D eigenvalue weighted by molar-refractivity contribution is 5.75. The molecule has 6 nitrogen and oxygen atoms in total. The highest BCUT2D eigenvalue weighted by Crippen LogP contribution is 2.16. The Morgan fingerprint density at radius 3 is 2.90 bits per heavy atom. The van der Waals surface area contributed by atoms with Crippen LogP contribution >= 0.6 is 0 Å². The Balaban J connectivity index is 1.66. The second-order valence-electron chi connectivity index (χ2n) is 5.60. The first-order valence-corrected chi connectivity index (χ1v) is 7.33. The number of carbonyl (C=O) groups is 1. The van der Waals surface area contributed by atoms with E-state index in [1.807, 2.05) is 35.2 Å². The number of hydrogen-bond donors (Lipinski definition) is 0. The summed E-state index contributed by atoms with van der Waals surface area (Å²) in [5.41, 5.74) is 0.905. The van der Waals surface area contributed by atoms with E-state index in [9.17, 15) is 4.79 Å². The maximum Gasteiger partial charge on any atom is 0.246 e. The minimum atomic E-state index is 0.0681. The van der Waals surface area contributed by atoms with E-state index in [1.54, 1.807) is 0 Å². The van der Waals surface area contributed by atoms with Crippen LogP contribution in [0.15, 0.2) is 30.3 Å². The number of piperidine rings is 1. The van der Waals surface area contributed by atoms with E-state index < -0.39 is 0 Å². The van der Waals surface area contributed by atoms with Crippen LogP contribution in [0.3, 0.4) is 0 Å². The van der Waals surface area contributed by atoms with Crippen LogP contribution in [0, 0.1) is 5.92 Å². The van der Waals surface area contributed by atoms with Gasteiger partial charge in [-0.15, -0.1) is 10.2 Å². The van der Waals surface area contributed by atoms with Gasteiger partial charge in [-0.05, 0) is 24.0 Å². The zero-order valence-corrected chi connectivity index (χ0v) is 12.1. The van der Waals surface area contributed by atoms with Crippen LogP contribution in [0.4, 0.5) is 0 Å². The first-order valence-electron chi connectivity index (χ1n) is 7.33. The van der Waals surface area contributed by atoms with Crippen LogP contribution < -0.4 is 0 Å². The average molecular weight is 285 g/mol. The first kappa shape index (κ1) is 13.7. The van der Waals surface area contributed by atoms with Crippen molar-refractivity contribution < 1.29 is 4.79 Å². The molecule has 1 aromatic carbocycles. The number of aromatic nitrogens is 4. The first-order chi connectivity index (χ1) is 10.2. The van der Waals surface area contributed by atoms with E-state index in [2.05, 4.69) is 22.3 Å². The van der Waals surface area contributed by atoms with Crippen LogP contribution in [-0.2, 0) is 11.3 Å². The molecule has 2 heterocycles. The highest BCUT2D eigenvalue weighted by Gasteiger charge is 2.21. The Morgan fingerprint density at radius 2 is 2.14 bits per heavy atom. The van der Waals surface area contributed by atoms with E-state index in [-0.39, 0.29) is 12.5 Å². The largest absolute Gasteiger partial charge is 0.341 e. The summed E-state index contributed by atoms with van der Waals surface area (Å²) >= 11 is 0. The van der Waals surface area contributed by atoms with Crippen LogP contribution in [0.5, 0.6) is 0 Å². The summed E-state index contributed by atoms with van der Waals surface area (Å²) in [6.07, 6.45) is 2.27. The van der Waals surface area contributed by atoms with Gasteiger partial charge in [-0.25, -0.2) is 0 Å². The summed E-state index contributed by atoms with van der Waals surface area (Å²) < 4.78 is 0. The quantitative estimate of drug-likeness (QED) is 0.859. The van der Waals surface area contributed by atoms with Gasteiger partial charge in [-0.2, -0.15) is 4.80 Å². The zero-order chi connectivity index (χ0) is 14.7. The third-order valence-electron chi connectivity index (χ3n) is 3.77. The lowest BCUT2D eigenvalue weighted by Gasteiger charge is -2.30. The Morgan fingerprint density at radius 1 is 1.33 bits per heavy atom. The molecule has 2 aromatic rings. The molecule has 1 amide bonds. The standard InChI is InChI=1S/C15H19N5O/c1-12-6-5-9-19(10-12)14(21)11-20-17-15(16-18-20)13-7-3-2-4-8-13/h2-4,7-8,12H,5-6,9-11H2,1H3. The SMILES string of the molecule is CC1CCCN(C(=O)Cn2nnc(-c3ccccc3)n2)C1. The number of nitrogens with zero attached hydrogens (tertiary/aromatic N) is 5. The Labute approximate surface area is 123 Å². The van der Waals surface area contributed by atoms with Crippen LogP contribution in [0.25, 0.3) is 11.4 Å². The maximum absolute atomic E-state index is 12.3. The topological polar surface area (TPSA) is 63.9 Å². The lowest BCUT2D eigenvalue weighted by atomic mass is 10.0. The molecule has 1 aromatic heterocycles. The fourth-order valence-corrected chi connectivity index (χ4v) is 2.65. The molecule has 110 valence electrons. The van der Waals surface area contributed by atoms with Gasteiger partial charge in [0.25, 0.3) is 0 Å². The molecule has 1 aliphatic rings. The van der Waals surface area contributed by atoms with Gasteiger partial charge in [0.15, 0.2) is 0 Å². The van der Waals surface area contributed by atoms with Crippen molar-refractivity contribution in [3.05, 3.63) is 30.3 Å². The van der Waals surface area contributed by atoms with Crippen molar-refractivity contribution in [2.75, 3.05) is 13.1 Å². The van der Waals surface area contributed by atoms with E-state index in [0.29, 0.717) is 11.7 Å². The normalized spacial score (nSPS) is 18.7. The monoisotopic (exact) mass is 285 g/mol. The number of rotatable bonds is 3. The van der Waals surface area contributed by atoms with Crippen molar-refractivity contribution in [2.45, 2.75) is 26.3 Å². The van der Waals surface area contributed by atoms with Crippen molar-refractivity contribution in [1.82, 2.24) is 25.1 Å². The smallest absolute Gasteiger partial charge is 0.246 e. The molecule has 0 spiro atoms. The molecule has 21 heavy (non-hydrogen) atoms. The minimum absolute atomic E-state index is 0.0681. The number of tetrazole rings is 1. The molecular weight excluding hydrogens is 266 g/mol. The number of hydrogen-bond acceptors (Lipinski definition) is 4. The van der Waals surface area contributed by atoms with Gasteiger partial charge in [0.2, 0.25) is 11.7 Å². The maximum atomic E-state index is 12.3. The Kier molecular flexibility index (Phi) is 3.94. The summed E-state index contributed by atoms with van der Waals surface area (Å²) in [7, 11) is 0. The number of amides is 1. The number of benzene rings is 1. The van der Waals surface area contributed by atoms with Gasteiger partial charge in [-0.3, -0.25) is 4.79 Å². The van der Waals surface area contributed by atoms with Gasteiger partial charge in [-0.1, -0.05) is 37.3 Å². The Bertz CT molecular complexity index is 610. The van der Waals surface area contributed by atoms with Crippen molar-refractivity contribution in [3.8, 4) is 11.4 Å². The number of carbonyl (C=O) groups excluding carboxylic acids is 1. The van der Waals surface area contributed by atoms with Crippen molar-refractivity contribution in [3.63, 3.8) is 0 Å². The van der Waals surface area contributed by atoms with E-state index in [0.717, 1.165) is 25.1 Å². The lowest BCUT2D eigenvalue weighted by Crippen LogP contribution is -2.41. The van der Waals surface area contributed by atoms with E-state index >= 15 is 0 Å². The second-order valence-corrected chi connectivity index (χ2v) is 5.60. The van der Waals surface area contributed by atoms with Crippen LogP contribution in [0.2, 0.25) is 0 Å². The summed E-state index contributed by atoms with van der Waals surface area (Å²) in [6.45, 7) is 4.01.